The summed E-state index contributed by atoms with van der Waals surface area (Å²) in [5.41, 5.74) is 0. The van der Waals surface area contributed by atoms with Crippen LogP contribution >= 0.6 is 0 Å². The van der Waals surface area contributed by atoms with E-state index in [-0.39, 0.29) is 0 Å². The van der Waals surface area contributed by atoms with E-state index in [4.69, 9.17) is 4.74 Å². The molecule has 0 amide bonds. The number of methoxy groups -OCH3 is 1. The monoisotopic (exact) mass is 214 g/mol. The number of nitrogens with one attached hydrogen (secondary N) is 1. The molecule has 90 valence electrons. The van der Waals surface area contributed by atoms with Gasteiger partial charge in [-0.25, -0.2) is 0 Å². The van der Waals surface area contributed by atoms with E-state index in [2.05, 4.69) is 37.9 Å². The Balaban J connectivity index is 2.57. The summed E-state index contributed by atoms with van der Waals surface area (Å²) in [5, 5.41) is 3.56. The van der Waals surface area contributed by atoms with Gasteiger partial charge < -0.3 is 10.1 Å². The second kappa shape index (κ2) is 5.83. The Bertz CT molecular complexity index is 174. The van der Waals surface area contributed by atoms with Crippen LogP contribution in [-0.4, -0.2) is 49.8 Å². The summed E-state index contributed by atoms with van der Waals surface area (Å²) >= 11 is 0. The molecule has 0 aromatic rings. The Labute approximate surface area is 94.2 Å². The van der Waals surface area contributed by atoms with Crippen LogP contribution < -0.4 is 5.32 Å². The molecule has 1 aliphatic rings. The number of nitrogens with zero attached hydrogens (tertiary/aromatic N) is 1. The van der Waals surface area contributed by atoms with Crippen LogP contribution in [0.15, 0.2) is 0 Å². The lowest BCUT2D eigenvalue weighted by molar-refractivity contribution is 0.0373. The topological polar surface area (TPSA) is 24.5 Å². The standard InChI is InChI=1S/C12H26N2O/c1-9(2)12(8-15-5)14-6-10(3)13-11(4)7-14/h9-13H,6-8H2,1-5H3. The van der Waals surface area contributed by atoms with Crippen molar-refractivity contribution in [2.45, 2.75) is 45.8 Å². The summed E-state index contributed by atoms with van der Waals surface area (Å²) in [7, 11) is 1.80. The molecule has 15 heavy (non-hydrogen) atoms. The molecule has 0 radical (unpaired) electrons. The summed E-state index contributed by atoms with van der Waals surface area (Å²) in [6.45, 7) is 12.2. The van der Waals surface area contributed by atoms with Gasteiger partial charge in [-0.05, 0) is 19.8 Å². The molecule has 1 fully saturated rings. The van der Waals surface area contributed by atoms with Crippen LogP contribution in [0.1, 0.15) is 27.7 Å². The molecule has 0 bridgehead atoms. The van der Waals surface area contributed by atoms with E-state index in [1.807, 2.05) is 0 Å². The Hall–Kier alpha value is -0.120. The maximum atomic E-state index is 5.33. The highest BCUT2D eigenvalue weighted by Gasteiger charge is 2.28. The molecule has 0 aliphatic carbocycles. The van der Waals surface area contributed by atoms with E-state index >= 15 is 0 Å². The summed E-state index contributed by atoms with van der Waals surface area (Å²) in [4.78, 5) is 2.57. The van der Waals surface area contributed by atoms with Gasteiger partial charge in [0.2, 0.25) is 0 Å². The number of piperazine rings is 1. The number of rotatable bonds is 4. The summed E-state index contributed by atoms with van der Waals surface area (Å²) in [5.74, 6) is 0.655. The van der Waals surface area contributed by atoms with Gasteiger partial charge in [-0.1, -0.05) is 13.8 Å². The van der Waals surface area contributed by atoms with Crippen molar-refractivity contribution >= 4 is 0 Å². The van der Waals surface area contributed by atoms with Crippen LogP contribution in [0.25, 0.3) is 0 Å². The molecule has 1 heterocycles. The van der Waals surface area contributed by atoms with Crippen LogP contribution in [0.2, 0.25) is 0 Å². The molecule has 3 heteroatoms. The molecule has 1 N–H and O–H groups in total. The number of ether oxygens (including phenoxy) is 1. The van der Waals surface area contributed by atoms with Crippen molar-refractivity contribution in [2.24, 2.45) is 5.92 Å². The van der Waals surface area contributed by atoms with Gasteiger partial charge in [0.15, 0.2) is 0 Å². The molecule has 0 aromatic heterocycles. The number of hydrogen-bond donors (Lipinski definition) is 1. The Kier molecular flexibility index (Phi) is 5.03. The van der Waals surface area contributed by atoms with Crippen molar-refractivity contribution in [3.8, 4) is 0 Å². The molecule has 0 aromatic carbocycles. The van der Waals surface area contributed by atoms with Crippen molar-refractivity contribution < 1.29 is 4.74 Å². The van der Waals surface area contributed by atoms with Crippen molar-refractivity contribution in [2.75, 3.05) is 26.8 Å². The van der Waals surface area contributed by atoms with E-state index in [0.29, 0.717) is 24.0 Å². The molecule has 1 saturated heterocycles. The SMILES string of the molecule is COCC(C(C)C)N1CC(C)NC(C)C1. The Morgan fingerprint density at radius 2 is 1.80 bits per heavy atom. The van der Waals surface area contributed by atoms with Crippen molar-refractivity contribution in [1.29, 1.82) is 0 Å². The van der Waals surface area contributed by atoms with Crippen LogP contribution in [0, 0.1) is 5.92 Å². The van der Waals surface area contributed by atoms with Crippen LogP contribution in [0.4, 0.5) is 0 Å². The first-order valence-corrected chi connectivity index (χ1v) is 6.03. The second-order valence-corrected chi connectivity index (χ2v) is 5.19. The van der Waals surface area contributed by atoms with Crippen LogP contribution in [0.5, 0.6) is 0 Å². The van der Waals surface area contributed by atoms with Gasteiger partial charge >= 0.3 is 0 Å². The lowest BCUT2D eigenvalue weighted by Crippen LogP contribution is -2.58. The van der Waals surface area contributed by atoms with E-state index in [9.17, 15) is 0 Å². The first-order valence-electron chi connectivity index (χ1n) is 6.03. The Morgan fingerprint density at radius 1 is 1.27 bits per heavy atom. The highest BCUT2D eigenvalue weighted by Crippen LogP contribution is 2.15. The fourth-order valence-corrected chi connectivity index (χ4v) is 2.53. The smallest absolute Gasteiger partial charge is 0.0620 e. The zero-order valence-electron chi connectivity index (χ0n) is 10.8. The largest absolute Gasteiger partial charge is 0.383 e. The highest BCUT2D eigenvalue weighted by molar-refractivity contribution is 4.86. The predicted octanol–water partition coefficient (Wildman–Crippen LogP) is 1.34. The van der Waals surface area contributed by atoms with Crippen LogP contribution in [-0.2, 0) is 4.74 Å². The normalized spacial score (nSPS) is 30.8. The third kappa shape index (κ3) is 3.74. The van der Waals surface area contributed by atoms with Gasteiger partial charge in [0.25, 0.3) is 0 Å². The minimum atomic E-state index is 0.557. The lowest BCUT2D eigenvalue weighted by Gasteiger charge is -2.42. The molecule has 3 atom stereocenters. The highest BCUT2D eigenvalue weighted by atomic mass is 16.5. The lowest BCUT2D eigenvalue weighted by atomic mass is 10.00. The molecule has 3 unspecified atom stereocenters. The summed E-state index contributed by atoms with van der Waals surface area (Å²) < 4.78 is 5.33. The van der Waals surface area contributed by atoms with E-state index in [1.165, 1.54) is 0 Å². The minimum Gasteiger partial charge on any atom is -0.383 e. The predicted molar refractivity (Wildman–Crippen MR) is 64.1 cm³/mol. The second-order valence-electron chi connectivity index (χ2n) is 5.19. The maximum absolute atomic E-state index is 5.33. The van der Waals surface area contributed by atoms with E-state index in [1.54, 1.807) is 7.11 Å². The third-order valence-electron chi connectivity index (χ3n) is 3.16. The number of hydrogen-bond acceptors (Lipinski definition) is 3. The van der Waals surface area contributed by atoms with Gasteiger partial charge in [0.1, 0.15) is 0 Å². The molecule has 1 aliphatic heterocycles. The molecule has 3 nitrogen and oxygen atoms in total. The average molecular weight is 214 g/mol. The van der Waals surface area contributed by atoms with Gasteiger partial charge in [-0.2, -0.15) is 0 Å². The van der Waals surface area contributed by atoms with Crippen LogP contribution in [0.3, 0.4) is 0 Å². The summed E-state index contributed by atoms with van der Waals surface area (Å²) in [6.07, 6.45) is 0. The molecule has 1 rings (SSSR count). The Morgan fingerprint density at radius 3 is 2.20 bits per heavy atom. The van der Waals surface area contributed by atoms with Crippen molar-refractivity contribution in [1.82, 2.24) is 10.2 Å². The summed E-state index contributed by atoms with van der Waals surface area (Å²) in [6, 6.07) is 1.74. The van der Waals surface area contributed by atoms with Gasteiger partial charge in [-0.15, -0.1) is 0 Å². The minimum absolute atomic E-state index is 0.557. The van der Waals surface area contributed by atoms with Gasteiger partial charge in [-0.3, -0.25) is 4.90 Å². The molecule has 0 saturated carbocycles. The van der Waals surface area contributed by atoms with Crippen molar-refractivity contribution in [3.63, 3.8) is 0 Å². The van der Waals surface area contributed by atoms with E-state index in [0.717, 1.165) is 19.7 Å². The first kappa shape index (κ1) is 12.9. The molecular weight excluding hydrogens is 188 g/mol. The molecular formula is C12H26N2O. The van der Waals surface area contributed by atoms with Crippen molar-refractivity contribution in [3.05, 3.63) is 0 Å². The maximum Gasteiger partial charge on any atom is 0.0620 e. The zero-order valence-corrected chi connectivity index (χ0v) is 10.8. The third-order valence-corrected chi connectivity index (χ3v) is 3.16. The molecule has 0 spiro atoms. The fourth-order valence-electron chi connectivity index (χ4n) is 2.53. The van der Waals surface area contributed by atoms with Gasteiger partial charge in [0, 0.05) is 38.3 Å². The average Bonchev–Trinajstić information content (AvgIpc) is 2.11. The van der Waals surface area contributed by atoms with E-state index < -0.39 is 0 Å². The quantitative estimate of drug-likeness (QED) is 0.764. The van der Waals surface area contributed by atoms with Gasteiger partial charge in [0.05, 0.1) is 6.61 Å². The fraction of sp³-hybridized carbons (Fsp3) is 1.00. The zero-order chi connectivity index (χ0) is 11.4. The first-order chi connectivity index (χ1) is 7.04.